The number of phosphoric ester groups is 1. The van der Waals surface area contributed by atoms with Crippen LogP contribution in [0.5, 0.6) is 0 Å². The highest BCUT2D eigenvalue weighted by Crippen LogP contribution is 2.66. The van der Waals surface area contributed by atoms with E-state index in [-0.39, 0.29) is 0 Å². The molecule has 17 heteroatoms. The van der Waals surface area contributed by atoms with E-state index >= 15 is 0 Å². The van der Waals surface area contributed by atoms with Gasteiger partial charge in [0.15, 0.2) is 6.29 Å². The minimum Gasteiger partial charge on any atom is -0.394 e. The summed E-state index contributed by atoms with van der Waals surface area (Å²) in [4.78, 5) is 34.7. The van der Waals surface area contributed by atoms with Crippen LogP contribution in [0.4, 0.5) is 0 Å². The van der Waals surface area contributed by atoms with Crippen molar-refractivity contribution < 1.29 is 66.5 Å². The van der Waals surface area contributed by atoms with E-state index in [0.29, 0.717) is 0 Å². The molecule has 14 nitrogen and oxygen atoms in total. The molecule has 2 unspecified atom stereocenters. The first kappa shape index (κ1) is 20.3. The van der Waals surface area contributed by atoms with Crippen molar-refractivity contribution in [3.63, 3.8) is 0 Å². The molecular weight excluding hydrogens is 377 g/mol. The summed E-state index contributed by atoms with van der Waals surface area (Å²) in [6.07, 6.45) is -7.00. The Hall–Kier alpha value is 0.250. The van der Waals surface area contributed by atoms with Crippen LogP contribution < -0.4 is 0 Å². The van der Waals surface area contributed by atoms with E-state index in [2.05, 4.69) is 17.9 Å². The first-order chi connectivity index (χ1) is 9.76. The van der Waals surface area contributed by atoms with Gasteiger partial charge in [-0.1, -0.05) is 0 Å². The summed E-state index contributed by atoms with van der Waals surface area (Å²) < 4.78 is 48.5. The third-order valence-corrected chi connectivity index (χ3v) is 5.95. The minimum absolute atomic E-state index is 0.783. The van der Waals surface area contributed by atoms with Gasteiger partial charge in [0.05, 0.1) is 6.61 Å². The number of aliphatic hydroxyl groups is 3. The minimum atomic E-state index is -5.70. The van der Waals surface area contributed by atoms with E-state index in [9.17, 15) is 28.8 Å². The average Bonchev–Trinajstić information content (AvgIpc) is 2.51. The molecule has 132 valence electrons. The maximum atomic E-state index is 11.4. The van der Waals surface area contributed by atoms with Gasteiger partial charge in [0.2, 0.25) is 0 Å². The Morgan fingerprint density at radius 2 is 1.45 bits per heavy atom. The van der Waals surface area contributed by atoms with Gasteiger partial charge < -0.3 is 39.6 Å². The predicted molar refractivity (Wildman–Crippen MR) is 62.7 cm³/mol. The molecule has 0 saturated carbocycles. The zero-order valence-corrected chi connectivity index (χ0v) is 13.0. The summed E-state index contributed by atoms with van der Waals surface area (Å²) in [5.74, 6) is 0. The molecule has 1 fully saturated rings. The molecule has 1 rings (SSSR count). The van der Waals surface area contributed by atoms with Crippen molar-refractivity contribution in [2.45, 2.75) is 24.6 Å². The Bertz CT molecular complexity index is 527. The summed E-state index contributed by atoms with van der Waals surface area (Å²) >= 11 is 0. The zero-order valence-electron chi connectivity index (χ0n) is 10.3. The lowest BCUT2D eigenvalue weighted by Gasteiger charge is -2.20. The molecule has 6 atom stereocenters. The molecular formula is C5H13O14P3. The summed E-state index contributed by atoms with van der Waals surface area (Å²) in [6.45, 7) is -0.783. The van der Waals surface area contributed by atoms with E-state index < -0.39 is 54.7 Å². The van der Waals surface area contributed by atoms with Crippen LogP contribution in [0.1, 0.15) is 0 Å². The van der Waals surface area contributed by atoms with Crippen LogP contribution in [0.25, 0.3) is 0 Å². The van der Waals surface area contributed by atoms with E-state index in [1.54, 1.807) is 0 Å². The molecule has 1 aliphatic heterocycles. The van der Waals surface area contributed by atoms with Gasteiger partial charge in [0, 0.05) is 0 Å². The molecule has 1 aliphatic rings. The fourth-order valence-electron chi connectivity index (χ4n) is 1.38. The molecule has 0 radical (unpaired) electrons. The standard InChI is InChI=1S/C5H13O14P3/c6-1-2-3(7)4(8)5(16-2)17-21(12,13)19-22(14,15)18-20(9,10)11/h2-8H,1H2,(H,12,13)(H,14,15)(H2,9,10,11)/t2-,3-,4-,5+/m1/s1. The topological polar surface area (TPSA) is 230 Å². The zero-order chi connectivity index (χ0) is 17.3. The van der Waals surface area contributed by atoms with Crippen molar-refractivity contribution in [2.75, 3.05) is 6.61 Å². The van der Waals surface area contributed by atoms with Crippen LogP contribution >= 0.6 is 23.5 Å². The van der Waals surface area contributed by atoms with E-state index in [4.69, 9.17) is 19.8 Å². The molecule has 0 bridgehead atoms. The number of aliphatic hydroxyl groups excluding tert-OH is 3. The largest absolute Gasteiger partial charge is 0.490 e. The normalized spacial score (nSPS) is 35.0. The van der Waals surface area contributed by atoms with Crippen molar-refractivity contribution in [3.8, 4) is 0 Å². The first-order valence-electron chi connectivity index (χ1n) is 5.21. The van der Waals surface area contributed by atoms with Gasteiger partial charge in [0.1, 0.15) is 18.3 Å². The quantitative estimate of drug-likeness (QED) is 0.228. The van der Waals surface area contributed by atoms with Crippen molar-refractivity contribution in [1.82, 2.24) is 0 Å². The lowest BCUT2D eigenvalue weighted by atomic mass is 10.1. The molecule has 7 N–H and O–H groups in total. The SMILES string of the molecule is O=P(O)(O)OP(=O)(O)OP(=O)(O)O[C@@H]1O[C@H](CO)[C@@H](O)[C@H]1O. The summed E-state index contributed by atoms with van der Waals surface area (Å²) in [6, 6.07) is 0. The van der Waals surface area contributed by atoms with Gasteiger partial charge in [-0.05, 0) is 0 Å². The van der Waals surface area contributed by atoms with Crippen molar-refractivity contribution in [3.05, 3.63) is 0 Å². The van der Waals surface area contributed by atoms with Crippen LogP contribution in [0.2, 0.25) is 0 Å². The molecule has 1 heterocycles. The highest BCUT2D eigenvalue weighted by molar-refractivity contribution is 7.66. The second-order valence-electron chi connectivity index (χ2n) is 3.90. The van der Waals surface area contributed by atoms with Gasteiger partial charge in [-0.15, -0.1) is 0 Å². The maximum absolute atomic E-state index is 11.4. The lowest BCUT2D eigenvalue weighted by molar-refractivity contribution is -0.125. The van der Waals surface area contributed by atoms with E-state index in [1.165, 1.54) is 0 Å². The summed E-state index contributed by atoms with van der Waals surface area (Å²) in [5, 5.41) is 27.6. The fourth-order valence-corrected chi connectivity index (χ4v) is 4.48. The Morgan fingerprint density at radius 1 is 0.909 bits per heavy atom. The number of ether oxygens (including phenoxy) is 1. The smallest absolute Gasteiger partial charge is 0.394 e. The van der Waals surface area contributed by atoms with Gasteiger partial charge in [-0.2, -0.15) is 8.62 Å². The van der Waals surface area contributed by atoms with Gasteiger partial charge in [-0.25, -0.2) is 13.7 Å². The number of rotatable bonds is 7. The van der Waals surface area contributed by atoms with Crippen LogP contribution in [-0.2, 0) is 31.6 Å². The molecule has 0 amide bonds. The third-order valence-electron chi connectivity index (χ3n) is 2.15. The lowest BCUT2D eigenvalue weighted by Crippen LogP contribution is -2.34. The van der Waals surface area contributed by atoms with Crippen molar-refractivity contribution >= 4 is 23.5 Å². The van der Waals surface area contributed by atoms with Gasteiger partial charge >= 0.3 is 23.5 Å². The molecule has 0 spiro atoms. The van der Waals surface area contributed by atoms with Crippen molar-refractivity contribution in [1.29, 1.82) is 0 Å². The Labute approximate surface area is 122 Å². The Kier molecular flexibility index (Phi) is 6.47. The van der Waals surface area contributed by atoms with Gasteiger partial charge in [0.25, 0.3) is 0 Å². The fraction of sp³-hybridized carbons (Fsp3) is 1.00. The van der Waals surface area contributed by atoms with E-state index in [1.807, 2.05) is 0 Å². The molecule has 0 aromatic carbocycles. The predicted octanol–water partition coefficient (Wildman–Crippen LogP) is -2.23. The highest BCUT2D eigenvalue weighted by Gasteiger charge is 2.49. The second kappa shape index (κ2) is 7.01. The van der Waals surface area contributed by atoms with Gasteiger partial charge in [-0.3, -0.25) is 4.52 Å². The average molecular weight is 390 g/mol. The molecule has 1 saturated heterocycles. The molecule has 0 aliphatic carbocycles. The Morgan fingerprint density at radius 3 is 1.86 bits per heavy atom. The van der Waals surface area contributed by atoms with Crippen LogP contribution in [0, 0.1) is 0 Å². The monoisotopic (exact) mass is 390 g/mol. The molecule has 0 aromatic rings. The number of phosphoric acid groups is 3. The number of hydrogen-bond acceptors (Lipinski definition) is 10. The highest BCUT2D eigenvalue weighted by atomic mass is 31.3. The summed E-state index contributed by atoms with van der Waals surface area (Å²) in [5.41, 5.74) is 0. The molecule has 22 heavy (non-hydrogen) atoms. The number of hydrogen-bond donors (Lipinski definition) is 7. The third kappa shape index (κ3) is 6.04. The van der Waals surface area contributed by atoms with E-state index in [0.717, 1.165) is 0 Å². The first-order valence-corrected chi connectivity index (χ1v) is 9.73. The summed E-state index contributed by atoms with van der Waals surface area (Å²) in [7, 11) is -16.7. The van der Waals surface area contributed by atoms with Crippen LogP contribution in [0.3, 0.4) is 0 Å². The maximum Gasteiger partial charge on any atom is 0.490 e. The van der Waals surface area contributed by atoms with Crippen molar-refractivity contribution in [2.24, 2.45) is 0 Å². The Balaban J connectivity index is 2.74. The molecule has 0 aromatic heterocycles. The van der Waals surface area contributed by atoms with Crippen LogP contribution in [-0.4, -0.2) is 66.1 Å². The van der Waals surface area contributed by atoms with Crippen LogP contribution in [0.15, 0.2) is 0 Å². The second-order valence-corrected chi connectivity index (χ2v) is 8.28.